The number of aromatic nitrogens is 2. The van der Waals surface area contributed by atoms with E-state index in [2.05, 4.69) is 47.2 Å². The molecular formula is C17H19N5O2. The van der Waals surface area contributed by atoms with Crippen molar-refractivity contribution in [2.75, 3.05) is 23.7 Å². The highest BCUT2D eigenvalue weighted by Crippen LogP contribution is 2.26. The summed E-state index contributed by atoms with van der Waals surface area (Å²) in [5, 5.41) is 10.8. The van der Waals surface area contributed by atoms with E-state index in [0.29, 0.717) is 12.5 Å². The number of hydrogen-bond acceptors (Lipinski definition) is 6. The maximum absolute atomic E-state index is 10.8. The van der Waals surface area contributed by atoms with Gasteiger partial charge in [-0.2, -0.15) is 4.98 Å². The van der Waals surface area contributed by atoms with Crippen LogP contribution >= 0.6 is 0 Å². The number of benzene rings is 1. The first-order valence-corrected chi connectivity index (χ1v) is 7.88. The van der Waals surface area contributed by atoms with Gasteiger partial charge in [-0.15, -0.1) is 0 Å². The summed E-state index contributed by atoms with van der Waals surface area (Å²) >= 11 is 0. The second kappa shape index (κ2) is 6.66. The summed E-state index contributed by atoms with van der Waals surface area (Å²) in [5.74, 6) is 0.324. The molecule has 1 aliphatic heterocycles. The van der Waals surface area contributed by atoms with Crippen LogP contribution in [-0.2, 0) is 6.42 Å². The van der Waals surface area contributed by atoms with E-state index in [4.69, 9.17) is 5.73 Å². The Kier molecular flexibility index (Phi) is 4.41. The van der Waals surface area contributed by atoms with Crippen LogP contribution in [0.5, 0.6) is 0 Å². The molecule has 0 atom stereocenters. The van der Waals surface area contributed by atoms with Crippen molar-refractivity contribution in [3.63, 3.8) is 0 Å². The van der Waals surface area contributed by atoms with Crippen LogP contribution < -0.4 is 10.6 Å². The summed E-state index contributed by atoms with van der Waals surface area (Å²) in [7, 11) is 0. The fourth-order valence-electron chi connectivity index (χ4n) is 2.74. The lowest BCUT2D eigenvalue weighted by Crippen LogP contribution is -2.30. The highest BCUT2D eigenvalue weighted by atomic mass is 16.6. The number of nitro groups is 1. The number of hydrogen-bond donors (Lipinski definition) is 1. The van der Waals surface area contributed by atoms with Crippen LogP contribution in [0.1, 0.15) is 24.5 Å². The fourth-order valence-corrected chi connectivity index (χ4v) is 2.74. The molecule has 0 saturated heterocycles. The smallest absolute Gasteiger partial charge is 0.329 e. The van der Waals surface area contributed by atoms with Crippen LogP contribution in [0.4, 0.5) is 17.5 Å². The zero-order valence-corrected chi connectivity index (χ0v) is 13.5. The SMILES string of the molecule is CCc1ccc(C2=CCN(c3ncc([N+](=O)[O-])c(N)n3)CC2)cc1. The van der Waals surface area contributed by atoms with Crippen LogP contribution in [0.25, 0.3) is 5.57 Å². The van der Waals surface area contributed by atoms with Gasteiger partial charge in [0.2, 0.25) is 11.8 Å². The lowest BCUT2D eigenvalue weighted by molar-refractivity contribution is -0.384. The van der Waals surface area contributed by atoms with Crippen molar-refractivity contribution >= 4 is 23.0 Å². The first kappa shape index (κ1) is 15.9. The van der Waals surface area contributed by atoms with E-state index < -0.39 is 4.92 Å². The zero-order chi connectivity index (χ0) is 17.1. The largest absolute Gasteiger partial charge is 0.378 e. The Morgan fingerprint density at radius 2 is 2.08 bits per heavy atom. The van der Waals surface area contributed by atoms with Gasteiger partial charge in [0.25, 0.3) is 0 Å². The number of nitrogens with two attached hydrogens (primary N) is 1. The van der Waals surface area contributed by atoms with E-state index in [9.17, 15) is 10.1 Å². The molecule has 0 unspecified atom stereocenters. The third kappa shape index (κ3) is 3.19. The van der Waals surface area contributed by atoms with E-state index in [0.717, 1.165) is 19.4 Å². The average Bonchev–Trinajstić information content (AvgIpc) is 2.61. The van der Waals surface area contributed by atoms with Gasteiger partial charge < -0.3 is 10.6 Å². The molecule has 2 N–H and O–H groups in total. The minimum absolute atomic E-state index is 0.102. The molecule has 0 aliphatic carbocycles. The number of nitrogen functional groups attached to an aromatic ring is 1. The quantitative estimate of drug-likeness (QED) is 0.685. The van der Waals surface area contributed by atoms with Gasteiger partial charge in [-0.25, -0.2) is 4.98 Å². The average molecular weight is 325 g/mol. The minimum atomic E-state index is -0.576. The van der Waals surface area contributed by atoms with Crippen molar-refractivity contribution in [2.45, 2.75) is 19.8 Å². The van der Waals surface area contributed by atoms with Crippen molar-refractivity contribution in [2.24, 2.45) is 0 Å². The number of rotatable bonds is 4. The summed E-state index contributed by atoms with van der Waals surface area (Å²) in [6.07, 6.45) is 5.21. The van der Waals surface area contributed by atoms with Gasteiger partial charge in [-0.1, -0.05) is 37.3 Å². The summed E-state index contributed by atoms with van der Waals surface area (Å²) in [6.45, 7) is 3.55. The van der Waals surface area contributed by atoms with Crippen LogP contribution in [0.15, 0.2) is 36.5 Å². The summed E-state index contributed by atoms with van der Waals surface area (Å²) in [6, 6.07) is 8.62. The van der Waals surface area contributed by atoms with Crippen LogP contribution in [0.3, 0.4) is 0 Å². The molecule has 7 heteroatoms. The predicted octanol–water partition coefficient (Wildman–Crippen LogP) is 2.82. The molecule has 2 heterocycles. The molecule has 2 aromatic rings. The van der Waals surface area contributed by atoms with Crippen LogP contribution in [0, 0.1) is 10.1 Å². The number of nitrogens with zero attached hydrogens (tertiary/aromatic N) is 4. The van der Waals surface area contributed by atoms with Gasteiger partial charge in [0.15, 0.2) is 0 Å². The maximum atomic E-state index is 10.8. The summed E-state index contributed by atoms with van der Waals surface area (Å²) in [5.41, 5.74) is 9.23. The van der Waals surface area contributed by atoms with Crippen molar-refractivity contribution < 1.29 is 4.92 Å². The molecule has 0 spiro atoms. The molecule has 24 heavy (non-hydrogen) atoms. The topological polar surface area (TPSA) is 98.2 Å². The molecule has 1 aliphatic rings. The molecule has 124 valence electrons. The van der Waals surface area contributed by atoms with E-state index in [1.165, 1.54) is 22.9 Å². The normalized spacial score (nSPS) is 14.4. The molecule has 0 amide bonds. The monoisotopic (exact) mass is 325 g/mol. The van der Waals surface area contributed by atoms with Gasteiger partial charge in [0.05, 0.1) is 4.92 Å². The van der Waals surface area contributed by atoms with Crippen LogP contribution in [0.2, 0.25) is 0 Å². The lowest BCUT2D eigenvalue weighted by atomic mass is 9.98. The Morgan fingerprint density at radius 1 is 1.33 bits per heavy atom. The van der Waals surface area contributed by atoms with Gasteiger partial charge in [-0.3, -0.25) is 10.1 Å². The second-order valence-corrected chi connectivity index (χ2v) is 5.67. The molecule has 1 aromatic carbocycles. The van der Waals surface area contributed by atoms with E-state index in [1.807, 2.05) is 4.90 Å². The Labute approximate surface area is 140 Å². The van der Waals surface area contributed by atoms with Gasteiger partial charge in [0.1, 0.15) is 6.20 Å². The minimum Gasteiger partial charge on any atom is -0.378 e. The number of anilines is 2. The lowest BCUT2D eigenvalue weighted by Gasteiger charge is -2.26. The molecule has 1 aromatic heterocycles. The van der Waals surface area contributed by atoms with E-state index in [1.54, 1.807) is 0 Å². The maximum Gasteiger partial charge on any atom is 0.329 e. The van der Waals surface area contributed by atoms with Gasteiger partial charge in [-0.05, 0) is 29.5 Å². The first-order chi connectivity index (χ1) is 11.6. The first-order valence-electron chi connectivity index (χ1n) is 7.88. The molecule has 3 rings (SSSR count). The molecular weight excluding hydrogens is 306 g/mol. The van der Waals surface area contributed by atoms with Crippen molar-refractivity contribution in [3.05, 3.63) is 57.8 Å². The van der Waals surface area contributed by atoms with Crippen molar-refractivity contribution in [3.8, 4) is 0 Å². The van der Waals surface area contributed by atoms with Crippen molar-refractivity contribution in [1.82, 2.24) is 9.97 Å². The molecule has 7 nitrogen and oxygen atoms in total. The van der Waals surface area contributed by atoms with E-state index in [-0.39, 0.29) is 11.5 Å². The summed E-state index contributed by atoms with van der Waals surface area (Å²) < 4.78 is 0. The number of aryl methyl sites for hydroxylation is 1. The Bertz CT molecular complexity index is 786. The highest BCUT2D eigenvalue weighted by Gasteiger charge is 2.19. The predicted molar refractivity (Wildman–Crippen MR) is 93.7 cm³/mol. The Hall–Kier alpha value is -2.96. The molecule has 0 radical (unpaired) electrons. The Balaban J connectivity index is 1.74. The van der Waals surface area contributed by atoms with E-state index >= 15 is 0 Å². The summed E-state index contributed by atoms with van der Waals surface area (Å²) in [4.78, 5) is 20.3. The highest BCUT2D eigenvalue weighted by molar-refractivity contribution is 5.68. The second-order valence-electron chi connectivity index (χ2n) is 5.67. The third-order valence-corrected chi connectivity index (χ3v) is 4.21. The Morgan fingerprint density at radius 3 is 2.62 bits per heavy atom. The fraction of sp³-hybridized carbons (Fsp3) is 0.294. The molecule has 0 bridgehead atoms. The zero-order valence-electron chi connectivity index (χ0n) is 13.5. The van der Waals surface area contributed by atoms with Gasteiger partial charge in [0, 0.05) is 13.1 Å². The molecule has 0 fully saturated rings. The standard InChI is InChI=1S/C17H19N5O2/c1-2-12-3-5-13(6-4-12)14-7-9-21(10-8-14)17-19-11-15(22(23)24)16(18)20-17/h3-7,11H,2,8-10H2,1H3,(H2,18,19,20). The molecule has 0 saturated carbocycles. The van der Waals surface area contributed by atoms with Gasteiger partial charge >= 0.3 is 5.69 Å². The van der Waals surface area contributed by atoms with Crippen molar-refractivity contribution in [1.29, 1.82) is 0 Å². The third-order valence-electron chi connectivity index (χ3n) is 4.21. The van der Waals surface area contributed by atoms with Crippen LogP contribution in [-0.4, -0.2) is 28.0 Å².